The Balaban J connectivity index is 3.74. The van der Waals surface area contributed by atoms with Gasteiger partial charge in [0.25, 0.3) is 0 Å². The van der Waals surface area contributed by atoms with E-state index in [-0.39, 0.29) is 25.6 Å². The smallest absolute Gasteiger partial charge is 0.219 e. The van der Waals surface area contributed by atoms with Crippen molar-refractivity contribution in [3.8, 4) is 0 Å². The molecule has 0 radical (unpaired) electrons. The number of aliphatic hydroxyl groups excluding tert-OH is 1. The van der Waals surface area contributed by atoms with Crippen LogP contribution in [0.3, 0.4) is 0 Å². The number of rotatable bonds is 8. The second-order valence-electron chi connectivity index (χ2n) is 3.08. The fraction of sp³-hybridized carbons (Fsp3) is 0.778. The Morgan fingerprint density at radius 2 is 2.07 bits per heavy atom. The zero-order chi connectivity index (χ0) is 11.7. The molecule has 0 spiro atoms. The van der Waals surface area contributed by atoms with E-state index in [1.165, 1.54) is 4.90 Å². The SMILES string of the molecule is CCC(=O)NCCN(CCO)CC(=O)[O-]. The maximum atomic E-state index is 10.9. The molecular weight excluding hydrogens is 200 g/mol. The van der Waals surface area contributed by atoms with Gasteiger partial charge in [0, 0.05) is 32.6 Å². The number of carbonyl (C=O) groups is 2. The number of amides is 1. The van der Waals surface area contributed by atoms with Gasteiger partial charge in [-0.25, -0.2) is 0 Å². The van der Waals surface area contributed by atoms with Crippen LogP contribution in [0.25, 0.3) is 0 Å². The Labute approximate surface area is 88.9 Å². The molecule has 0 aromatic carbocycles. The van der Waals surface area contributed by atoms with Crippen LogP contribution in [-0.4, -0.2) is 54.7 Å². The van der Waals surface area contributed by atoms with Gasteiger partial charge in [-0.1, -0.05) is 6.92 Å². The average Bonchev–Trinajstić information content (AvgIpc) is 2.16. The van der Waals surface area contributed by atoms with Gasteiger partial charge in [0.2, 0.25) is 5.91 Å². The van der Waals surface area contributed by atoms with Gasteiger partial charge in [0.05, 0.1) is 12.6 Å². The molecule has 0 heterocycles. The molecule has 15 heavy (non-hydrogen) atoms. The molecule has 0 aliphatic rings. The number of aliphatic carboxylic acids is 1. The summed E-state index contributed by atoms with van der Waals surface area (Å²) in [4.78, 5) is 22.7. The van der Waals surface area contributed by atoms with Crippen molar-refractivity contribution in [1.29, 1.82) is 0 Å². The summed E-state index contributed by atoms with van der Waals surface area (Å²) >= 11 is 0. The molecule has 0 aromatic heterocycles. The minimum atomic E-state index is -1.19. The lowest BCUT2D eigenvalue weighted by Crippen LogP contribution is -2.43. The van der Waals surface area contributed by atoms with Gasteiger partial charge in [0.15, 0.2) is 0 Å². The van der Waals surface area contributed by atoms with E-state index in [0.29, 0.717) is 19.5 Å². The fourth-order valence-corrected chi connectivity index (χ4v) is 1.07. The number of nitrogens with zero attached hydrogens (tertiary/aromatic N) is 1. The Hall–Kier alpha value is -1.14. The summed E-state index contributed by atoms with van der Waals surface area (Å²) < 4.78 is 0. The van der Waals surface area contributed by atoms with E-state index < -0.39 is 5.97 Å². The highest BCUT2D eigenvalue weighted by molar-refractivity contribution is 5.75. The Kier molecular flexibility index (Phi) is 7.57. The second kappa shape index (κ2) is 8.19. The highest BCUT2D eigenvalue weighted by atomic mass is 16.4. The van der Waals surface area contributed by atoms with Gasteiger partial charge in [-0.2, -0.15) is 0 Å². The number of carbonyl (C=O) groups excluding carboxylic acids is 2. The molecule has 0 saturated carbocycles. The van der Waals surface area contributed by atoms with E-state index in [1.807, 2.05) is 0 Å². The fourth-order valence-electron chi connectivity index (χ4n) is 1.07. The lowest BCUT2D eigenvalue weighted by molar-refractivity contribution is -0.306. The summed E-state index contributed by atoms with van der Waals surface area (Å²) in [6, 6.07) is 0. The van der Waals surface area contributed by atoms with E-state index in [9.17, 15) is 14.7 Å². The van der Waals surface area contributed by atoms with Crippen LogP contribution < -0.4 is 10.4 Å². The van der Waals surface area contributed by atoms with Crippen LogP contribution in [0.15, 0.2) is 0 Å². The zero-order valence-corrected chi connectivity index (χ0v) is 8.86. The van der Waals surface area contributed by atoms with E-state index in [0.717, 1.165) is 0 Å². The molecule has 0 unspecified atom stereocenters. The molecule has 88 valence electrons. The van der Waals surface area contributed by atoms with Gasteiger partial charge in [0.1, 0.15) is 0 Å². The van der Waals surface area contributed by atoms with E-state index in [2.05, 4.69) is 5.32 Å². The number of nitrogens with one attached hydrogen (secondary N) is 1. The molecule has 0 bridgehead atoms. The first-order valence-corrected chi connectivity index (χ1v) is 4.90. The molecule has 0 aliphatic carbocycles. The molecule has 0 rings (SSSR count). The highest BCUT2D eigenvalue weighted by Gasteiger charge is 2.04. The monoisotopic (exact) mass is 217 g/mol. The summed E-state index contributed by atoms with van der Waals surface area (Å²) in [5.41, 5.74) is 0. The van der Waals surface area contributed by atoms with Crippen LogP contribution in [0.1, 0.15) is 13.3 Å². The number of aliphatic hydroxyl groups is 1. The minimum Gasteiger partial charge on any atom is -0.549 e. The summed E-state index contributed by atoms with van der Waals surface area (Å²) in [6.45, 7) is 2.41. The maximum absolute atomic E-state index is 10.9. The summed E-state index contributed by atoms with van der Waals surface area (Å²) in [7, 11) is 0. The highest BCUT2D eigenvalue weighted by Crippen LogP contribution is 1.85. The van der Waals surface area contributed by atoms with Crippen molar-refractivity contribution in [3.63, 3.8) is 0 Å². The van der Waals surface area contributed by atoms with Crippen LogP contribution in [-0.2, 0) is 9.59 Å². The summed E-state index contributed by atoms with van der Waals surface area (Å²) in [5, 5.41) is 21.6. The minimum absolute atomic E-state index is 0.0765. The second-order valence-corrected chi connectivity index (χ2v) is 3.08. The largest absolute Gasteiger partial charge is 0.549 e. The molecule has 1 amide bonds. The van der Waals surface area contributed by atoms with Crippen molar-refractivity contribution in [3.05, 3.63) is 0 Å². The number of hydrogen-bond acceptors (Lipinski definition) is 5. The number of carboxylic acids is 1. The van der Waals surface area contributed by atoms with E-state index >= 15 is 0 Å². The lowest BCUT2D eigenvalue weighted by atomic mass is 10.4. The van der Waals surface area contributed by atoms with Crippen molar-refractivity contribution in [2.75, 3.05) is 32.8 Å². The molecule has 2 N–H and O–H groups in total. The molecule has 6 nitrogen and oxygen atoms in total. The predicted octanol–water partition coefficient (Wildman–Crippen LogP) is -2.44. The van der Waals surface area contributed by atoms with Crippen LogP contribution in [0, 0.1) is 0 Å². The number of hydrogen-bond donors (Lipinski definition) is 2. The van der Waals surface area contributed by atoms with Crippen molar-refractivity contribution in [2.24, 2.45) is 0 Å². The van der Waals surface area contributed by atoms with Crippen LogP contribution >= 0.6 is 0 Å². The summed E-state index contributed by atoms with van der Waals surface area (Å²) in [5.74, 6) is -1.27. The zero-order valence-electron chi connectivity index (χ0n) is 8.86. The molecule has 0 fully saturated rings. The van der Waals surface area contributed by atoms with Gasteiger partial charge >= 0.3 is 0 Å². The van der Waals surface area contributed by atoms with Gasteiger partial charge in [-0.15, -0.1) is 0 Å². The van der Waals surface area contributed by atoms with Crippen molar-refractivity contribution in [1.82, 2.24) is 10.2 Å². The van der Waals surface area contributed by atoms with Crippen LogP contribution in [0.2, 0.25) is 0 Å². The maximum Gasteiger partial charge on any atom is 0.219 e. The first-order chi connectivity index (χ1) is 7.10. The van der Waals surface area contributed by atoms with Gasteiger partial charge in [-0.05, 0) is 0 Å². The third-order valence-corrected chi connectivity index (χ3v) is 1.84. The molecule has 6 heteroatoms. The molecule has 0 atom stereocenters. The molecular formula is C9H17N2O4-. The van der Waals surface area contributed by atoms with Crippen molar-refractivity contribution >= 4 is 11.9 Å². The van der Waals surface area contributed by atoms with Gasteiger partial charge in [-0.3, -0.25) is 9.69 Å². The topological polar surface area (TPSA) is 92.7 Å². The quantitative estimate of drug-likeness (QED) is 0.471. The van der Waals surface area contributed by atoms with Crippen LogP contribution in [0.4, 0.5) is 0 Å². The van der Waals surface area contributed by atoms with Crippen LogP contribution in [0.5, 0.6) is 0 Å². The standard InChI is InChI=1S/C9H18N2O4/c1-2-8(13)10-3-4-11(5-6-12)7-9(14)15/h12H,2-7H2,1H3,(H,10,13)(H,14,15)/p-1. The lowest BCUT2D eigenvalue weighted by Gasteiger charge is -2.21. The number of carboxylic acid groups (broad SMARTS) is 1. The first kappa shape index (κ1) is 13.9. The summed E-state index contributed by atoms with van der Waals surface area (Å²) in [6.07, 6.45) is 0.403. The average molecular weight is 217 g/mol. The molecule has 0 saturated heterocycles. The third-order valence-electron chi connectivity index (χ3n) is 1.84. The predicted molar refractivity (Wildman–Crippen MR) is 51.8 cm³/mol. The van der Waals surface area contributed by atoms with Crippen molar-refractivity contribution < 1.29 is 19.8 Å². The molecule has 0 aromatic rings. The molecule has 0 aliphatic heterocycles. The third kappa shape index (κ3) is 7.90. The Bertz CT molecular complexity index is 208. The normalized spacial score (nSPS) is 10.3. The van der Waals surface area contributed by atoms with E-state index in [4.69, 9.17) is 5.11 Å². The Morgan fingerprint density at radius 3 is 2.53 bits per heavy atom. The Morgan fingerprint density at radius 1 is 1.40 bits per heavy atom. The first-order valence-electron chi connectivity index (χ1n) is 4.90. The van der Waals surface area contributed by atoms with Gasteiger partial charge < -0.3 is 20.3 Å². The van der Waals surface area contributed by atoms with Crippen molar-refractivity contribution in [2.45, 2.75) is 13.3 Å². The van der Waals surface area contributed by atoms with E-state index in [1.54, 1.807) is 6.92 Å².